The van der Waals surface area contributed by atoms with Gasteiger partial charge in [-0.05, 0) is 26.0 Å². The van der Waals surface area contributed by atoms with Gasteiger partial charge in [0.15, 0.2) is 5.96 Å². The average molecular weight is 305 g/mol. The van der Waals surface area contributed by atoms with Crippen molar-refractivity contribution in [2.24, 2.45) is 12.0 Å². The first kappa shape index (κ1) is 15.6. The number of aryl methyl sites for hydroxylation is 2. The highest BCUT2D eigenvalue weighted by Gasteiger charge is 2.08. The zero-order valence-electron chi connectivity index (χ0n) is 13.1. The summed E-state index contributed by atoms with van der Waals surface area (Å²) in [4.78, 5) is 12.4. The van der Waals surface area contributed by atoms with Gasteiger partial charge in [0.05, 0.1) is 13.1 Å². The van der Waals surface area contributed by atoms with Crippen LogP contribution in [0.5, 0.6) is 0 Å². The Morgan fingerprint density at radius 3 is 2.90 bits per heavy atom. The van der Waals surface area contributed by atoms with Crippen LogP contribution in [0, 0.1) is 6.92 Å². The third-order valence-corrected chi connectivity index (χ3v) is 4.08. The van der Waals surface area contributed by atoms with Crippen molar-refractivity contribution >= 4 is 17.3 Å². The smallest absolute Gasteiger partial charge is 0.194 e. The number of guanidine groups is 1. The van der Waals surface area contributed by atoms with Crippen LogP contribution < -0.4 is 5.32 Å². The molecule has 0 aliphatic rings. The average Bonchev–Trinajstić information content (AvgIpc) is 3.04. The molecule has 114 valence electrons. The van der Waals surface area contributed by atoms with Crippen molar-refractivity contribution in [1.82, 2.24) is 19.8 Å². The molecule has 0 aromatic carbocycles. The van der Waals surface area contributed by atoms with E-state index in [-0.39, 0.29) is 0 Å². The van der Waals surface area contributed by atoms with Gasteiger partial charge in [0.1, 0.15) is 5.01 Å². The normalized spacial score (nSPS) is 11.7. The van der Waals surface area contributed by atoms with Gasteiger partial charge in [-0.15, -0.1) is 11.3 Å². The number of hydrogen-bond acceptors (Lipinski definition) is 3. The lowest BCUT2D eigenvalue weighted by molar-refractivity contribution is 0.462. The lowest BCUT2D eigenvalue weighted by Crippen LogP contribution is -2.38. The van der Waals surface area contributed by atoms with Crippen LogP contribution in [0.15, 0.2) is 29.5 Å². The SMILES string of the molecule is CCNC(=NCc1ncc(C)s1)N(C)Cc1cccn1C. The minimum atomic E-state index is 0.623. The highest BCUT2D eigenvalue weighted by atomic mass is 32.1. The Labute approximate surface area is 130 Å². The van der Waals surface area contributed by atoms with E-state index >= 15 is 0 Å². The largest absolute Gasteiger partial charge is 0.357 e. The fourth-order valence-corrected chi connectivity index (χ4v) is 2.78. The zero-order valence-corrected chi connectivity index (χ0v) is 13.9. The maximum Gasteiger partial charge on any atom is 0.194 e. The first-order chi connectivity index (χ1) is 10.1. The minimum absolute atomic E-state index is 0.623. The lowest BCUT2D eigenvalue weighted by atomic mass is 10.4. The van der Waals surface area contributed by atoms with Crippen LogP contribution in [0.2, 0.25) is 0 Å². The van der Waals surface area contributed by atoms with Gasteiger partial charge in [-0.3, -0.25) is 0 Å². The fraction of sp³-hybridized carbons (Fsp3) is 0.467. The molecule has 0 spiro atoms. The second-order valence-electron chi connectivity index (χ2n) is 5.00. The Morgan fingerprint density at radius 1 is 1.52 bits per heavy atom. The van der Waals surface area contributed by atoms with Crippen LogP contribution in [-0.2, 0) is 20.1 Å². The van der Waals surface area contributed by atoms with Crippen LogP contribution in [0.3, 0.4) is 0 Å². The van der Waals surface area contributed by atoms with Gasteiger partial charge >= 0.3 is 0 Å². The van der Waals surface area contributed by atoms with Gasteiger partial charge < -0.3 is 14.8 Å². The molecule has 0 saturated heterocycles. The number of nitrogens with zero attached hydrogens (tertiary/aromatic N) is 4. The van der Waals surface area contributed by atoms with Gasteiger partial charge in [-0.2, -0.15) is 0 Å². The zero-order chi connectivity index (χ0) is 15.2. The second kappa shape index (κ2) is 7.26. The van der Waals surface area contributed by atoms with Crippen molar-refractivity contribution in [3.05, 3.63) is 40.1 Å². The predicted molar refractivity (Wildman–Crippen MR) is 88.5 cm³/mol. The first-order valence-corrected chi connectivity index (χ1v) is 7.92. The number of aromatic nitrogens is 2. The molecule has 0 unspecified atom stereocenters. The predicted octanol–water partition coefficient (Wildman–Crippen LogP) is 2.39. The van der Waals surface area contributed by atoms with Crippen molar-refractivity contribution in [3.8, 4) is 0 Å². The molecule has 0 bridgehead atoms. The summed E-state index contributed by atoms with van der Waals surface area (Å²) in [6, 6.07) is 4.19. The molecule has 21 heavy (non-hydrogen) atoms. The van der Waals surface area contributed by atoms with Crippen molar-refractivity contribution in [2.75, 3.05) is 13.6 Å². The molecule has 0 saturated carbocycles. The molecule has 2 aromatic heterocycles. The van der Waals surface area contributed by atoms with Gasteiger partial charge in [-0.25, -0.2) is 9.98 Å². The van der Waals surface area contributed by atoms with E-state index in [0.29, 0.717) is 6.54 Å². The van der Waals surface area contributed by atoms with E-state index in [1.54, 1.807) is 11.3 Å². The number of hydrogen-bond donors (Lipinski definition) is 1. The van der Waals surface area contributed by atoms with E-state index in [1.165, 1.54) is 10.6 Å². The summed E-state index contributed by atoms with van der Waals surface area (Å²) in [7, 11) is 4.12. The summed E-state index contributed by atoms with van der Waals surface area (Å²) < 4.78 is 2.13. The topological polar surface area (TPSA) is 45.5 Å². The molecule has 0 fully saturated rings. The number of nitrogens with one attached hydrogen (secondary N) is 1. The Hall–Kier alpha value is -1.82. The second-order valence-corrected chi connectivity index (χ2v) is 6.32. The lowest BCUT2D eigenvalue weighted by Gasteiger charge is -2.22. The summed E-state index contributed by atoms with van der Waals surface area (Å²) in [6.45, 7) is 6.45. The Kier molecular flexibility index (Phi) is 5.38. The fourth-order valence-electron chi connectivity index (χ4n) is 2.07. The minimum Gasteiger partial charge on any atom is -0.357 e. The molecule has 6 heteroatoms. The molecule has 5 nitrogen and oxygen atoms in total. The van der Waals surface area contributed by atoms with Crippen LogP contribution in [0.25, 0.3) is 0 Å². The number of thiazole rings is 1. The Bertz CT molecular complexity index is 599. The standard InChI is InChI=1S/C15H23N5S/c1-5-16-15(18-10-14-17-9-12(2)21-14)20(4)11-13-7-6-8-19(13)3/h6-9H,5,10-11H2,1-4H3,(H,16,18). The third-order valence-electron chi connectivity index (χ3n) is 3.18. The summed E-state index contributed by atoms with van der Waals surface area (Å²) in [5.41, 5.74) is 1.26. The van der Waals surface area contributed by atoms with E-state index in [0.717, 1.165) is 24.1 Å². The molecule has 0 aliphatic carbocycles. The summed E-state index contributed by atoms with van der Waals surface area (Å²) >= 11 is 1.70. The molecule has 2 rings (SSSR count). The van der Waals surface area contributed by atoms with Gasteiger partial charge in [0.25, 0.3) is 0 Å². The monoisotopic (exact) mass is 305 g/mol. The molecular weight excluding hydrogens is 282 g/mol. The van der Waals surface area contributed by atoms with Crippen molar-refractivity contribution in [2.45, 2.75) is 26.9 Å². The van der Waals surface area contributed by atoms with Crippen LogP contribution >= 0.6 is 11.3 Å². The Morgan fingerprint density at radius 2 is 2.33 bits per heavy atom. The molecule has 1 N–H and O–H groups in total. The van der Waals surface area contributed by atoms with Crippen LogP contribution in [0.4, 0.5) is 0 Å². The quantitative estimate of drug-likeness (QED) is 0.681. The highest BCUT2D eigenvalue weighted by molar-refractivity contribution is 7.11. The maximum absolute atomic E-state index is 4.68. The molecule has 0 atom stereocenters. The van der Waals surface area contributed by atoms with Gasteiger partial charge in [0.2, 0.25) is 0 Å². The molecule has 0 radical (unpaired) electrons. The highest BCUT2D eigenvalue weighted by Crippen LogP contribution is 2.12. The first-order valence-electron chi connectivity index (χ1n) is 7.11. The number of aliphatic imine (C=N–C) groups is 1. The summed E-state index contributed by atoms with van der Waals surface area (Å²) in [5.74, 6) is 0.909. The van der Waals surface area contributed by atoms with Crippen LogP contribution in [0.1, 0.15) is 22.5 Å². The summed E-state index contributed by atoms with van der Waals surface area (Å²) in [5, 5.41) is 4.39. The van der Waals surface area contributed by atoms with E-state index in [4.69, 9.17) is 0 Å². The van der Waals surface area contributed by atoms with Crippen LogP contribution in [-0.4, -0.2) is 34.0 Å². The molecule has 2 aromatic rings. The van der Waals surface area contributed by atoms with Crippen molar-refractivity contribution in [1.29, 1.82) is 0 Å². The van der Waals surface area contributed by atoms with E-state index < -0.39 is 0 Å². The van der Waals surface area contributed by atoms with Gasteiger partial charge in [0, 0.05) is 43.6 Å². The molecular formula is C15H23N5S. The van der Waals surface area contributed by atoms with Crippen molar-refractivity contribution in [3.63, 3.8) is 0 Å². The van der Waals surface area contributed by atoms with E-state index in [1.807, 2.05) is 6.20 Å². The summed E-state index contributed by atoms with van der Waals surface area (Å²) in [6.07, 6.45) is 3.96. The maximum atomic E-state index is 4.68. The van der Waals surface area contributed by atoms with Gasteiger partial charge in [-0.1, -0.05) is 0 Å². The Balaban J connectivity index is 2.04. The molecule has 2 heterocycles. The molecule has 0 amide bonds. The number of rotatable bonds is 5. The van der Waals surface area contributed by atoms with E-state index in [2.05, 4.69) is 71.0 Å². The third kappa shape index (κ3) is 4.32. The van der Waals surface area contributed by atoms with Crippen molar-refractivity contribution < 1.29 is 0 Å². The molecule has 0 aliphatic heterocycles. The van der Waals surface area contributed by atoms with E-state index in [9.17, 15) is 0 Å².